The Hall–Kier alpha value is -1.81. The first-order valence-corrected chi connectivity index (χ1v) is 7.07. The van der Waals surface area contributed by atoms with E-state index in [-0.39, 0.29) is 5.91 Å². The molecule has 4 heteroatoms. The highest BCUT2D eigenvalue weighted by molar-refractivity contribution is 9.10. The summed E-state index contributed by atoms with van der Waals surface area (Å²) in [5.74, 6) is 0.729. The van der Waals surface area contributed by atoms with E-state index in [0.717, 1.165) is 21.3 Å². The topological polar surface area (TPSA) is 38.3 Å². The number of amides is 1. The molecule has 0 atom stereocenters. The van der Waals surface area contributed by atoms with Crippen LogP contribution in [0.2, 0.25) is 0 Å². The van der Waals surface area contributed by atoms with Crippen LogP contribution in [0.1, 0.15) is 21.5 Å². The number of benzene rings is 2. The van der Waals surface area contributed by atoms with Gasteiger partial charge >= 0.3 is 0 Å². The van der Waals surface area contributed by atoms with Gasteiger partial charge in [0, 0.05) is 11.0 Å². The van der Waals surface area contributed by atoms with Crippen LogP contribution in [0.5, 0.6) is 5.75 Å². The Bertz CT molecular complexity index is 588. The quantitative estimate of drug-likeness (QED) is 0.926. The molecule has 0 radical (unpaired) electrons. The van der Waals surface area contributed by atoms with Gasteiger partial charge < -0.3 is 10.1 Å². The molecule has 0 aliphatic heterocycles. The van der Waals surface area contributed by atoms with Crippen LogP contribution in [0.25, 0.3) is 0 Å². The van der Waals surface area contributed by atoms with Crippen LogP contribution >= 0.6 is 15.9 Å². The van der Waals surface area contributed by atoms with Gasteiger partial charge in [-0.1, -0.05) is 24.3 Å². The summed E-state index contributed by atoms with van der Waals surface area (Å²) >= 11 is 3.42. The monoisotopic (exact) mass is 333 g/mol. The van der Waals surface area contributed by atoms with Crippen molar-refractivity contribution in [2.75, 3.05) is 7.11 Å². The summed E-state index contributed by atoms with van der Waals surface area (Å²) in [6.45, 7) is 2.41. The smallest absolute Gasteiger partial charge is 0.252 e. The summed E-state index contributed by atoms with van der Waals surface area (Å²) in [4.78, 5) is 12.2. The fourth-order valence-electron chi connectivity index (χ4n) is 1.93. The number of ether oxygens (including phenoxy) is 1. The lowest BCUT2D eigenvalue weighted by Gasteiger charge is -2.10. The van der Waals surface area contributed by atoms with Crippen molar-refractivity contribution in [3.63, 3.8) is 0 Å². The zero-order valence-corrected chi connectivity index (χ0v) is 13.0. The van der Waals surface area contributed by atoms with Crippen molar-refractivity contribution < 1.29 is 9.53 Å². The van der Waals surface area contributed by atoms with Gasteiger partial charge in [0.25, 0.3) is 5.91 Å². The van der Waals surface area contributed by atoms with Gasteiger partial charge in [0.05, 0.1) is 12.7 Å². The molecule has 0 bridgehead atoms. The maximum atomic E-state index is 12.2. The second kappa shape index (κ2) is 6.57. The van der Waals surface area contributed by atoms with Gasteiger partial charge in [-0.3, -0.25) is 4.79 Å². The number of methoxy groups -OCH3 is 1. The first-order valence-electron chi connectivity index (χ1n) is 6.28. The summed E-state index contributed by atoms with van der Waals surface area (Å²) in [7, 11) is 1.63. The minimum absolute atomic E-state index is 0.0780. The van der Waals surface area contributed by atoms with Crippen LogP contribution in [0, 0.1) is 6.92 Å². The number of hydrogen-bond acceptors (Lipinski definition) is 2. The minimum atomic E-state index is -0.0780. The normalized spacial score (nSPS) is 10.2. The van der Waals surface area contributed by atoms with E-state index in [1.54, 1.807) is 7.11 Å². The van der Waals surface area contributed by atoms with Crippen molar-refractivity contribution in [1.29, 1.82) is 0 Å². The summed E-state index contributed by atoms with van der Waals surface area (Å²) in [6.07, 6.45) is 0. The Balaban J connectivity index is 2.05. The lowest BCUT2D eigenvalue weighted by Crippen LogP contribution is -2.24. The molecule has 2 aromatic carbocycles. The predicted octanol–water partition coefficient (Wildman–Crippen LogP) is 3.70. The molecule has 0 saturated carbocycles. The Kier molecular flexibility index (Phi) is 4.79. The van der Waals surface area contributed by atoms with Crippen LogP contribution in [0.15, 0.2) is 46.9 Å². The Labute approximate surface area is 127 Å². The highest BCUT2D eigenvalue weighted by Crippen LogP contribution is 2.20. The average Bonchev–Trinajstić information content (AvgIpc) is 2.45. The molecule has 0 aromatic heterocycles. The third-order valence-corrected chi connectivity index (χ3v) is 3.72. The first kappa shape index (κ1) is 14.6. The van der Waals surface area contributed by atoms with E-state index >= 15 is 0 Å². The molecule has 0 aliphatic carbocycles. The molecule has 1 amide bonds. The van der Waals surface area contributed by atoms with Crippen molar-refractivity contribution in [3.8, 4) is 5.75 Å². The van der Waals surface area contributed by atoms with Crippen LogP contribution in [0.3, 0.4) is 0 Å². The van der Waals surface area contributed by atoms with Crippen LogP contribution in [0.4, 0.5) is 0 Å². The van der Waals surface area contributed by atoms with Gasteiger partial charge in [0.1, 0.15) is 5.75 Å². The summed E-state index contributed by atoms with van der Waals surface area (Å²) < 4.78 is 5.91. The number of hydrogen-bond donors (Lipinski definition) is 1. The molecule has 0 saturated heterocycles. The second-order valence-electron chi connectivity index (χ2n) is 4.46. The van der Waals surface area contributed by atoms with Gasteiger partial charge in [-0.05, 0) is 52.2 Å². The molecule has 0 spiro atoms. The second-order valence-corrected chi connectivity index (χ2v) is 5.32. The lowest BCUT2D eigenvalue weighted by atomic mass is 10.1. The molecular formula is C16H16BrNO2. The molecule has 20 heavy (non-hydrogen) atoms. The van der Waals surface area contributed by atoms with E-state index in [2.05, 4.69) is 21.2 Å². The average molecular weight is 334 g/mol. The van der Waals surface area contributed by atoms with Gasteiger partial charge in [-0.15, -0.1) is 0 Å². The number of carbonyl (C=O) groups excluding carboxylic acids is 1. The van der Waals surface area contributed by atoms with Crippen molar-refractivity contribution in [3.05, 3.63) is 63.6 Å². The number of carbonyl (C=O) groups is 1. The van der Waals surface area contributed by atoms with Crippen molar-refractivity contribution >= 4 is 21.8 Å². The maximum Gasteiger partial charge on any atom is 0.252 e. The van der Waals surface area contributed by atoms with E-state index in [1.807, 2.05) is 49.4 Å². The number of rotatable bonds is 4. The molecule has 0 heterocycles. The summed E-state index contributed by atoms with van der Waals surface area (Å²) in [5, 5.41) is 2.92. The highest BCUT2D eigenvalue weighted by Gasteiger charge is 2.12. The van der Waals surface area contributed by atoms with Gasteiger partial charge in [-0.2, -0.15) is 0 Å². The SMILES string of the molecule is COc1ccc(CNC(=O)c2c(C)cccc2Br)cc1. The molecule has 104 valence electrons. The Morgan fingerprint density at radius 3 is 2.50 bits per heavy atom. The maximum absolute atomic E-state index is 12.2. The lowest BCUT2D eigenvalue weighted by molar-refractivity contribution is 0.0949. The van der Waals surface area contributed by atoms with Crippen LogP contribution in [-0.4, -0.2) is 13.0 Å². The predicted molar refractivity (Wildman–Crippen MR) is 83.0 cm³/mol. The van der Waals surface area contributed by atoms with E-state index in [1.165, 1.54) is 0 Å². The summed E-state index contributed by atoms with van der Waals surface area (Å²) in [6, 6.07) is 13.3. The van der Waals surface area contributed by atoms with Crippen LogP contribution < -0.4 is 10.1 Å². The standard InChI is InChI=1S/C16H16BrNO2/c1-11-4-3-5-14(17)15(11)16(19)18-10-12-6-8-13(20-2)9-7-12/h3-9H,10H2,1-2H3,(H,18,19). The third kappa shape index (κ3) is 3.39. The Morgan fingerprint density at radius 1 is 1.20 bits per heavy atom. The number of aryl methyl sites for hydroxylation is 1. The first-order chi connectivity index (χ1) is 9.61. The molecular weight excluding hydrogens is 318 g/mol. The zero-order chi connectivity index (χ0) is 14.5. The van der Waals surface area contributed by atoms with Gasteiger partial charge in [0.2, 0.25) is 0 Å². The fourth-order valence-corrected chi connectivity index (χ4v) is 2.58. The third-order valence-electron chi connectivity index (χ3n) is 3.06. The zero-order valence-electron chi connectivity index (χ0n) is 11.4. The molecule has 2 aromatic rings. The van der Waals surface area contributed by atoms with E-state index in [4.69, 9.17) is 4.74 Å². The number of nitrogens with one attached hydrogen (secondary N) is 1. The van der Waals surface area contributed by atoms with Crippen LogP contribution in [-0.2, 0) is 6.54 Å². The van der Waals surface area contributed by atoms with Gasteiger partial charge in [0.15, 0.2) is 0 Å². The largest absolute Gasteiger partial charge is 0.497 e. The number of halogens is 1. The molecule has 3 nitrogen and oxygen atoms in total. The molecule has 0 fully saturated rings. The van der Waals surface area contributed by atoms with Crippen molar-refractivity contribution in [1.82, 2.24) is 5.32 Å². The Morgan fingerprint density at radius 2 is 1.90 bits per heavy atom. The van der Waals surface area contributed by atoms with Gasteiger partial charge in [-0.25, -0.2) is 0 Å². The molecule has 1 N–H and O–H groups in total. The molecule has 2 rings (SSSR count). The van der Waals surface area contributed by atoms with E-state index < -0.39 is 0 Å². The minimum Gasteiger partial charge on any atom is -0.497 e. The van der Waals surface area contributed by atoms with Crippen molar-refractivity contribution in [2.45, 2.75) is 13.5 Å². The van der Waals surface area contributed by atoms with E-state index in [9.17, 15) is 4.79 Å². The highest BCUT2D eigenvalue weighted by atomic mass is 79.9. The molecule has 0 unspecified atom stereocenters. The summed E-state index contributed by atoms with van der Waals surface area (Å²) in [5.41, 5.74) is 2.66. The fraction of sp³-hybridized carbons (Fsp3) is 0.188. The molecule has 0 aliphatic rings. The van der Waals surface area contributed by atoms with Crippen molar-refractivity contribution in [2.24, 2.45) is 0 Å². The van der Waals surface area contributed by atoms with E-state index in [0.29, 0.717) is 12.1 Å².